The van der Waals surface area contributed by atoms with Crippen molar-refractivity contribution in [3.8, 4) is 0 Å². The Morgan fingerprint density at radius 1 is 0.976 bits per heavy atom. The van der Waals surface area contributed by atoms with Crippen molar-refractivity contribution < 1.29 is 24.9 Å². The number of nitrogens with zero attached hydrogens (tertiary/aromatic N) is 3. The number of aromatic nitrogens is 3. The van der Waals surface area contributed by atoms with Gasteiger partial charge in [-0.15, -0.1) is 0 Å². The lowest BCUT2D eigenvalue weighted by Crippen LogP contribution is -2.35. The van der Waals surface area contributed by atoms with E-state index in [0.29, 0.717) is 39.1 Å². The molecule has 0 spiro atoms. The number of benzene rings is 2. The van der Waals surface area contributed by atoms with Crippen molar-refractivity contribution in [3.63, 3.8) is 0 Å². The molecule has 11 N–H and O–H groups in total. The van der Waals surface area contributed by atoms with Gasteiger partial charge in [-0.1, -0.05) is 12.1 Å². The van der Waals surface area contributed by atoms with Crippen LogP contribution in [0.1, 0.15) is 27.5 Å². The van der Waals surface area contributed by atoms with E-state index in [-0.39, 0.29) is 36.6 Å². The van der Waals surface area contributed by atoms with Crippen LogP contribution >= 0.6 is 0 Å². The second-order valence-electron chi connectivity index (χ2n) is 9.56. The number of carbonyl (C=O) groups excluding carboxylic acids is 2. The number of aliphatic hydroxyl groups excluding tert-OH is 3. The fourth-order valence-electron chi connectivity index (χ4n) is 4.70. The zero-order valence-electron chi connectivity index (χ0n) is 21.7. The number of carbonyl (C=O) groups is 2. The van der Waals surface area contributed by atoms with Crippen molar-refractivity contribution in [2.75, 3.05) is 17.2 Å². The van der Waals surface area contributed by atoms with Gasteiger partial charge in [-0.05, 0) is 42.0 Å². The molecule has 2 aromatic carbocycles. The van der Waals surface area contributed by atoms with Gasteiger partial charge in [0.15, 0.2) is 11.8 Å². The van der Waals surface area contributed by atoms with E-state index in [2.05, 4.69) is 35.9 Å². The van der Waals surface area contributed by atoms with Crippen LogP contribution < -0.4 is 27.4 Å². The molecule has 1 aliphatic heterocycles. The number of hydrogen-bond acceptors (Lipinski definition) is 9. The maximum Gasteiger partial charge on any atom is 0.255 e. The minimum Gasteiger partial charge on any atom is -0.395 e. The first-order valence-electron chi connectivity index (χ1n) is 12.7. The molecule has 41 heavy (non-hydrogen) atoms. The average molecular weight is 560 g/mol. The van der Waals surface area contributed by atoms with Crippen LogP contribution in [0.25, 0.3) is 11.0 Å². The summed E-state index contributed by atoms with van der Waals surface area (Å²) in [7, 11) is 0. The first kappa shape index (κ1) is 27.7. The Labute approximate surface area is 233 Å². The van der Waals surface area contributed by atoms with Gasteiger partial charge in [0.2, 0.25) is 5.91 Å². The number of anilines is 2. The molecule has 1 saturated heterocycles. The average Bonchev–Trinajstić information content (AvgIpc) is 3.50. The Morgan fingerprint density at radius 2 is 1.71 bits per heavy atom. The molecule has 4 atom stereocenters. The zero-order valence-corrected chi connectivity index (χ0v) is 21.7. The van der Waals surface area contributed by atoms with E-state index in [1.54, 1.807) is 54.7 Å². The van der Waals surface area contributed by atoms with E-state index >= 15 is 0 Å². The highest BCUT2D eigenvalue weighted by Gasteiger charge is 2.42. The number of guanidine groups is 1. The Kier molecular flexibility index (Phi) is 7.89. The molecule has 0 bridgehead atoms. The monoisotopic (exact) mass is 559 g/mol. The summed E-state index contributed by atoms with van der Waals surface area (Å²) in [6.45, 7) is -0.337. The predicted octanol–water partition coefficient (Wildman–Crippen LogP) is 0.0233. The van der Waals surface area contributed by atoms with E-state index in [9.17, 15) is 24.9 Å². The number of nitrogens with two attached hydrogens (primary N) is 2. The van der Waals surface area contributed by atoms with E-state index in [0.717, 1.165) is 0 Å². The Hall–Kier alpha value is -4.89. The molecule has 4 aromatic rings. The molecular formula is C27H29N9O5. The summed E-state index contributed by atoms with van der Waals surface area (Å²) in [5.41, 5.74) is 14.4. The first-order chi connectivity index (χ1) is 19.7. The molecule has 0 aliphatic carbocycles. The largest absolute Gasteiger partial charge is 0.395 e. The fourth-order valence-corrected chi connectivity index (χ4v) is 4.70. The summed E-state index contributed by atoms with van der Waals surface area (Å²) in [4.78, 5) is 40.8. The van der Waals surface area contributed by atoms with Crippen LogP contribution in [-0.4, -0.2) is 72.9 Å². The lowest BCUT2D eigenvalue weighted by Gasteiger charge is -2.14. The quantitative estimate of drug-likeness (QED) is 0.104. The summed E-state index contributed by atoms with van der Waals surface area (Å²) in [6, 6.07) is 12.0. The number of fused-ring (bicyclic) bond motifs is 1. The van der Waals surface area contributed by atoms with E-state index in [4.69, 9.17) is 11.5 Å². The molecule has 2 aromatic heterocycles. The fraction of sp³-hybridized carbons (Fsp3) is 0.222. The van der Waals surface area contributed by atoms with Gasteiger partial charge in [0, 0.05) is 23.0 Å². The summed E-state index contributed by atoms with van der Waals surface area (Å²) >= 11 is 0. The van der Waals surface area contributed by atoms with Crippen molar-refractivity contribution in [3.05, 3.63) is 77.7 Å². The lowest BCUT2D eigenvalue weighted by atomic mass is 10.0. The lowest BCUT2D eigenvalue weighted by molar-refractivity contribution is -0.115. The molecule has 0 saturated carbocycles. The van der Waals surface area contributed by atoms with Crippen molar-refractivity contribution in [2.45, 2.75) is 30.7 Å². The molecule has 1 aliphatic rings. The minimum atomic E-state index is -1.15. The second-order valence-corrected chi connectivity index (χ2v) is 9.56. The summed E-state index contributed by atoms with van der Waals surface area (Å²) < 4.78 is 0. The van der Waals surface area contributed by atoms with Gasteiger partial charge in [-0.3, -0.25) is 9.59 Å². The third-order valence-corrected chi connectivity index (χ3v) is 6.74. The maximum absolute atomic E-state index is 12.8. The smallest absolute Gasteiger partial charge is 0.255 e. The number of aliphatic hydroxyl groups is 3. The zero-order chi connectivity index (χ0) is 29.1. The molecule has 0 unspecified atom stereocenters. The SMILES string of the molecule is NC(N)=Nc1ccc(C(=O)Nc2ccc(CC(=O)Nc3ncnc4c([C@@H]5N[C@H](CO)[C@@H](O)[C@H]5O)c[nH]c34)cc2)cc1. The Bertz CT molecular complexity index is 1580. The van der Waals surface area contributed by atoms with Gasteiger partial charge in [0.25, 0.3) is 5.91 Å². The van der Waals surface area contributed by atoms with Crippen LogP contribution in [0.5, 0.6) is 0 Å². The van der Waals surface area contributed by atoms with Crippen LogP contribution in [0, 0.1) is 0 Å². The molecule has 14 heteroatoms. The van der Waals surface area contributed by atoms with Gasteiger partial charge >= 0.3 is 0 Å². The molecular weight excluding hydrogens is 530 g/mol. The third-order valence-electron chi connectivity index (χ3n) is 6.74. The highest BCUT2D eigenvalue weighted by atomic mass is 16.3. The summed E-state index contributed by atoms with van der Waals surface area (Å²) in [6.07, 6.45) is 0.672. The van der Waals surface area contributed by atoms with Crippen molar-refractivity contribution in [1.29, 1.82) is 0 Å². The van der Waals surface area contributed by atoms with Gasteiger partial charge in [0.05, 0.1) is 42.4 Å². The second kappa shape index (κ2) is 11.7. The standard InChI is InChI=1S/C27H29N9O5/c28-27(29)34-16-7-3-14(4-8-16)26(41)33-15-5-1-13(2-6-15)9-19(38)36-25-22-20(31-12-32-25)17(10-30-22)21-24(40)23(39)18(11-37)35-21/h1-8,10,12,18,21,23-24,30,35,37,39-40H,9,11H2,(H,33,41)(H4,28,29,34)(H,31,32,36,38)/t18-,21+,23-,24+/m1/s1. The van der Waals surface area contributed by atoms with Gasteiger partial charge in [-0.2, -0.15) is 0 Å². The predicted molar refractivity (Wildman–Crippen MR) is 151 cm³/mol. The van der Waals surface area contributed by atoms with Crippen LogP contribution in [0.15, 0.2) is 66.0 Å². The number of nitrogens with one attached hydrogen (secondary N) is 4. The van der Waals surface area contributed by atoms with Crippen molar-refractivity contribution in [1.82, 2.24) is 20.3 Å². The maximum atomic E-state index is 12.8. The van der Waals surface area contributed by atoms with E-state index in [1.165, 1.54) is 6.33 Å². The number of hydrogen-bond donors (Lipinski definition) is 9. The normalized spacial score (nSPS) is 20.1. The minimum absolute atomic E-state index is 0.0484. The van der Waals surface area contributed by atoms with Gasteiger partial charge in [0.1, 0.15) is 17.9 Å². The van der Waals surface area contributed by atoms with Gasteiger partial charge < -0.3 is 47.7 Å². The molecule has 1 fully saturated rings. The van der Waals surface area contributed by atoms with E-state index in [1.807, 2.05) is 0 Å². The number of H-pyrrole nitrogens is 1. The van der Waals surface area contributed by atoms with Crippen LogP contribution in [0.3, 0.4) is 0 Å². The van der Waals surface area contributed by atoms with E-state index < -0.39 is 24.3 Å². The molecule has 0 radical (unpaired) electrons. The van der Waals surface area contributed by atoms with Gasteiger partial charge in [-0.25, -0.2) is 15.0 Å². The number of amides is 2. The Morgan fingerprint density at radius 3 is 2.37 bits per heavy atom. The highest BCUT2D eigenvalue weighted by molar-refractivity contribution is 6.04. The van der Waals surface area contributed by atoms with Crippen LogP contribution in [-0.2, 0) is 11.2 Å². The topological polar surface area (TPSA) is 237 Å². The first-order valence-corrected chi connectivity index (χ1v) is 12.7. The molecule has 5 rings (SSSR count). The van der Waals surface area contributed by atoms with Crippen molar-refractivity contribution >= 4 is 46.0 Å². The number of aliphatic imine (C=N–C) groups is 1. The molecule has 2 amide bonds. The molecule has 212 valence electrons. The Balaban J connectivity index is 1.21. The number of aromatic amines is 1. The third kappa shape index (κ3) is 6.00. The van der Waals surface area contributed by atoms with Crippen LogP contribution in [0.4, 0.5) is 17.2 Å². The number of rotatable bonds is 8. The summed E-state index contributed by atoms with van der Waals surface area (Å²) in [5.74, 6) is -0.454. The highest BCUT2D eigenvalue weighted by Crippen LogP contribution is 2.33. The van der Waals surface area contributed by atoms with Crippen LogP contribution in [0.2, 0.25) is 0 Å². The van der Waals surface area contributed by atoms with Crippen molar-refractivity contribution in [2.24, 2.45) is 16.5 Å². The summed E-state index contributed by atoms with van der Waals surface area (Å²) in [5, 5.41) is 38.6. The molecule has 3 heterocycles. The molecule has 14 nitrogen and oxygen atoms in total.